The van der Waals surface area contributed by atoms with Crippen molar-refractivity contribution in [1.82, 2.24) is 9.80 Å². The molecule has 2 amide bonds. The SMILES string of the molecule is CC(C)N1CCN(Cc2ccc(Br)c(N)c2)C(=O)C1=O. The number of carbonyl (C=O) groups excluding carboxylic acids is 2. The van der Waals surface area contributed by atoms with E-state index in [1.165, 1.54) is 0 Å². The van der Waals surface area contributed by atoms with E-state index >= 15 is 0 Å². The summed E-state index contributed by atoms with van der Waals surface area (Å²) < 4.78 is 0.827. The summed E-state index contributed by atoms with van der Waals surface area (Å²) in [5, 5.41) is 0. The van der Waals surface area contributed by atoms with E-state index in [2.05, 4.69) is 15.9 Å². The highest BCUT2D eigenvalue weighted by atomic mass is 79.9. The smallest absolute Gasteiger partial charge is 0.312 e. The van der Waals surface area contributed by atoms with Gasteiger partial charge in [0.25, 0.3) is 0 Å². The monoisotopic (exact) mass is 339 g/mol. The average molecular weight is 340 g/mol. The first-order valence-corrected chi connectivity index (χ1v) is 7.33. The van der Waals surface area contributed by atoms with E-state index in [4.69, 9.17) is 5.73 Å². The first kappa shape index (κ1) is 14.8. The second-order valence-electron chi connectivity index (χ2n) is 5.17. The number of hydrogen-bond donors (Lipinski definition) is 1. The Bertz CT molecular complexity index is 545. The van der Waals surface area contributed by atoms with Gasteiger partial charge in [0.05, 0.1) is 0 Å². The van der Waals surface area contributed by atoms with Gasteiger partial charge in [-0.05, 0) is 47.5 Å². The third-order valence-electron chi connectivity index (χ3n) is 3.40. The number of nitrogens with zero attached hydrogens (tertiary/aromatic N) is 2. The summed E-state index contributed by atoms with van der Waals surface area (Å²) in [6, 6.07) is 5.61. The van der Waals surface area contributed by atoms with Crippen LogP contribution in [0.3, 0.4) is 0 Å². The molecule has 2 N–H and O–H groups in total. The maximum atomic E-state index is 12.1. The number of nitrogen functional groups attached to an aromatic ring is 1. The minimum atomic E-state index is -0.438. The molecule has 0 atom stereocenters. The number of carbonyl (C=O) groups is 2. The maximum absolute atomic E-state index is 12.1. The first-order valence-electron chi connectivity index (χ1n) is 6.54. The number of piperazine rings is 1. The normalized spacial score (nSPS) is 16.2. The van der Waals surface area contributed by atoms with Gasteiger partial charge in [-0.2, -0.15) is 0 Å². The number of anilines is 1. The van der Waals surface area contributed by atoms with Crippen LogP contribution in [0.5, 0.6) is 0 Å². The summed E-state index contributed by atoms with van der Waals surface area (Å²) in [7, 11) is 0. The van der Waals surface area contributed by atoms with E-state index in [1.807, 2.05) is 32.0 Å². The minimum absolute atomic E-state index is 0.0527. The summed E-state index contributed by atoms with van der Waals surface area (Å²) in [5.41, 5.74) is 7.37. The van der Waals surface area contributed by atoms with Crippen LogP contribution in [-0.4, -0.2) is 40.7 Å². The van der Waals surface area contributed by atoms with Gasteiger partial charge in [-0.25, -0.2) is 0 Å². The molecule has 1 aliphatic heterocycles. The van der Waals surface area contributed by atoms with Crippen molar-refractivity contribution in [3.8, 4) is 0 Å². The fraction of sp³-hybridized carbons (Fsp3) is 0.429. The molecule has 0 aliphatic carbocycles. The molecule has 1 heterocycles. The highest BCUT2D eigenvalue weighted by Crippen LogP contribution is 2.21. The minimum Gasteiger partial charge on any atom is -0.398 e. The van der Waals surface area contributed by atoms with Crippen LogP contribution in [-0.2, 0) is 16.1 Å². The fourth-order valence-electron chi connectivity index (χ4n) is 2.25. The van der Waals surface area contributed by atoms with Gasteiger partial charge in [0, 0.05) is 35.8 Å². The summed E-state index contributed by atoms with van der Waals surface area (Å²) in [4.78, 5) is 27.3. The van der Waals surface area contributed by atoms with Crippen LogP contribution in [0.4, 0.5) is 5.69 Å². The largest absolute Gasteiger partial charge is 0.398 e. The standard InChI is InChI=1S/C14H18BrN3O2/c1-9(2)18-6-5-17(13(19)14(18)20)8-10-3-4-11(15)12(16)7-10/h3-4,7,9H,5-6,8,16H2,1-2H3. The van der Waals surface area contributed by atoms with Crippen molar-refractivity contribution in [2.24, 2.45) is 0 Å². The van der Waals surface area contributed by atoms with Crippen molar-refractivity contribution in [3.05, 3.63) is 28.2 Å². The molecule has 0 bridgehead atoms. The molecule has 108 valence electrons. The maximum Gasteiger partial charge on any atom is 0.312 e. The van der Waals surface area contributed by atoms with Crippen LogP contribution in [0.2, 0.25) is 0 Å². The zero-order valence-corrected chi connectivity index (χ0v) is 13.2. The van der Waals surface area contributed by atoms with Crippen molar-refractivity contribution in [2.45, 2.75) is 26.4 Å². The highest BCUT2D eigenvalue weighted by Gasteiger charge is 2.33. The molecule has 0 saturated carbocycles. The first-order chi connectivity index (χ1) is 9.40. The Morgan fingerprint density at radius 3 is 2.55 bits per heavy atom. The van der Waals surface area contributed by atoms with Gasteiger partial charge in [-0.15, -0.1) is 0 Å². The Morgan fingerprint density at radius 1 is 1.25 bits per heavy atom. The molecule has 0 spiro atoms. The summed E-state index contributed by atoms with van der Waals surface area (Å²) in [5.74, 6) is -0.859. The van der Waals surface area contributed by atoms with Gasteiger partial charge >= 0.3 is 11.8 Å². The molecule has 20 heavy (non-hydrogen) atoms. The molecule has 6 heteroatoms. The van der Waals surface area contributed by atoms with E-state index in [0.29, 0.717) is 25.3 Å². The zero-order chi connectivity index (χ0) is 14.9. The van der Waals surface area contributed by atoms with Gasteiger partial charge in [0.2, 0.25) is 0 Å². The van der Waals surface area contributed by atoms with E-state index < -0.39 is 11.8 Å². The molecule has 1 aromatic rings. The number of benzene rings is 1. The highest BCUT2D eigenvalue weighted by molar-refractivity contribution is 9.10. The quantitative estimate of drug-likeness (QED) is 0.672. The Balaban J connectivity index is 2.09. The van der Waals surface area contributed by atoms with Gasteiger partial charge in [-0.3, -0.25) is 9.59 Å². The predicted molar refractivity (Wildman–Crippen MR) is 80.8 cm³/mol. The number of nitrogens with two attached hydrogens (primary N) is 1. The van der Waals surface area contributed by atoms with Gasteiger partial charge < -0.3 is 15.5 Å². The second kappa shape index (κ2) is 5.83. The molecule has 0 radical (unpaired) electrons. The van der Waals surface area contributed by atoms with Crippen LogP contribution in [0.1, 0.15) is 19.4 Å². The lowest BCUT2D eigenvalue weighted by Gasteiger charge is -2.36. The third-order valence-corrected chi connectivity index (χ3v) is 4.12. The zero-order valence-electron chi connectivity index (χ0n) is 11.6. The van der Waals surface area contributed by atoms with E-state index in [0.717, 1.165) is 10.0 Å². The molecule has 1 saturated heterocycles. The lowest BCUT2D eigenvalue weighted by atomic mass is 10.1. The Hall–Kier alpha value is -1.56. The van der Waals surface area contributed by atoms with Gasteiger partial charge in [-0.1, -0.05) is 6.07 Å². The van der Waals surface area contributed by atoms with Crippen LogP contribution >= 0.6 is 15.9 Å². The fourth-order valence-corrected chi connectivity index (χ4v) is 2.49. The van der Waals surface area contributed by atoms with Crippen LogP contribution in [0.15, 0.2) is 22.7 Å². The molecular formula is C14H18BrN3O2. The van der Waals surface area contributed by atoms with Crippen molar-refractivity contribution in [2.75, 3.05) is 18.8 Å². The Labute approximate surface area is 126 Å². The van der Waals surface area contributed by atoms with E-state index in [9.17, 15) is 9.59 Å². The molecule has 1 aliphatic rings. The molecule has 1 fully saturated rings. The lowest BCUT2D eigenvalue weighted by molar-refractivity contribution is -0.157. The topological polar surface area (TPSA) is 66.6 Å². The van der Waals surface area contributed by atoms with E-state index in [-0.39, 0.29) is 6.04 Å². The Morgan fingerprint density at radius 2 is 1.95 bits per heavy atom. The molecule has 0 unspecified atom stereocenters. The Kier molecular flexibility index (Phi) is 4.32. The van der Waals surface area contributed by atoms with Gasteiger partial charge in [0.1, 0.15) is 0 Å². The number of hydrogen-bond acceptors (Lipinski definition) is 3. The van der Waals surface area contributed by atoms with Crippen LogP contribution in [0.25, 0.3) is 0 Å². The third kappa shape index (κ3) is 2.95. The number of halogens is 1. The summed E-state index contributed by atoms with van der Waals surface area (Å²) in [6.07, 6.45) is 0. The lowest BCUT2D eigenvalue weighted by Crippen LogP contribution is -2.55. The average Bonchev–Trinajstić information content (AvgIpc) is 2.39. The van der Waals surface area contributed by atoms with Crippen molar-refractivity contribution in [3.63, 3.8) is 0 Å². The molecular weight excluding hydrogens is 322 g/mol. The number of amides is 2. The van der Waals surface area contributed by atoms with E-state index in [1.54, 1.807) is 9.80 Å². The van der Waals surface area contributed by atoms with Crippen molar-refractivity contribution < 1.29 is 9.59 Å². The number of rotatable bonds is 3. The molecule has 5 nitrogen and oxygen atoms in total. The van der Waals surface area contributed by atoms with Gasteiger partial charge in [0.15, 0.2) is 0 Å². The van der Waals surface area contributed by atoms with Crippen molar-refractivity contribution in [1.29, 1.82) is 0 Å². The summed E-state index contributed by atoms with van der Waals surface area (Å²) >= 11 is 3.33. The van der Waals surface area contributed by atoms with Crippen molar-refractivity contribution >= 4 is 33.4 Å². The molecule has 0 aromatic heterocycles. The molecule has 1 aromatic carbocycles. The predicted octanol–water partition coefficient (Wildman–Crippen LogP) is 1.61. The van der Waals surface area contributed by atoms with Crippen LogP contribution < -0.4 is 5.73 Å². The summed E-state index contributed by atoms with van der Waals surface area (Å²) in [6.45, 7) is 5.37. The second-order valence-corrected chi connectivity index (χ2v) is 6.03. The molecule has 2 rings (SSSR count). The van der Waals surface area contributed by atoms with Crippen LogP contribution in [0, 0.1) is 0 Å².